The Bertz CT molecular complexity index is 1370. The molecule has 2 rings (SSSR count). The van der Waals surface area contributed by atoms with Gasteiger partial charge < -0.3 is 15.4 Å². The van der Waals surface area contributed by atoms with Crippen molar-refractivity contribution in [2.45, 2.75) is 6.18 Å². The van der Waals surface area contributed by atoms with Crippen LogP contribution >= 0.6 is 12.2 Å². The molecule has 0 saturated heterocycles. The molecule has 2 aromatic rings. The summed E-state index contributed by atoms with van der Waals surface area (Å²) in [6.07, 6.45) is -4.60. The van der Waals surface area contributed by atoms with Gasteiger partial charge in [-0.15, -0.1) is 0 Å². The Hall–Kier alpha value is -2.78. The maximum atomic E-state index is 14.8. The van der Waals surface area contributed by atoms with Crippen molar-refractivity contribution in [1.82, 2.24) is 9.24 Å². The van der Waals surface area contributed by atoms with Gasteiger partial charge in [0, 0.05) is 11.6 Å². The molecule has 0 aliphatic rings. The van der Waals surface area contributed by atoms with Crippen molar-refractivity contribution in [3.8, 4) is 5.69 Å². The number of carbonyl (C=O) groups is 1. The van der Waals surface area contributed by atoms with Gasteiger partial charge in [-0.1, -0.05) is 12.2 Å². The number of amides is 1. The Balaban J connectivity index is 2.99. The number of benzene rings is 1. The van der Waals surface area contributed by atoms with Crippen LogP contribution in [0.5, 0.6) is 0 Å². The minimum Gasteiger partial charge on any atom is -0.509 e. The highest BCUT2D eigenvalue weighted by Crippen LogP contribution is 2.29. The standard InChI is InChI=1S/C15H12F4N5O6S2.Al/c1-32(29,30)24(12(27)5-25)8-3-9(7(16)2-6(8)13(20)31)22-11(26)4-10(15(17,18)19)23(21)14(22)28;/h2-4H,5,21H2,1H3,(H2,20,31);/q-1;+1. The second kappa shape index (κ2) is 9.23. The zero-order valence-electron chi connectivity index (χ0n) is 16.3. The molecule has 11 nitrogen and oxygen atoms in total. The number of alkyl halides is 3. The molecular formula is C15H12AlF4N5O6S2. The van der Waals surface area contributed by atoms with Gasteiger partial charge in [-0.05, 0) is 12.1 Å². The predicted molar refractivity (Wildman–Crippen MR) is 111 cm³/mol. The van der Waals surface area contributed by atoms with Gasteiger partial charge in [-0.2, -0.15) is 13.2 Å². The Morgan fingerprint density at radius 2 is 1.85 bits per heavy atom. The molecule has 0 saturated carbocycles. The largest absolute Gasteiger partial charge is 0.509 e. The molecule has 4 N–H and O–H groups in total. The second-order valence-electron chi connectivity index (χ2n) is 6.27. The summed E-state index contributed by atoms with van der Waals surface area (Å²) in [5, 5.41) is 0. The molecule has 0 aliphatic heterocycles. The van der Waals surface area contributed by atoms with Crippen LogP contribution in [-0.4, -0.2) is 58.0 Å². The van der Waals surface area contributed by atoms with Gasteiger partial charge in [0.1, 0.15) is 10.8 Å². The van der Waals surface area contributed by atoms with E-state index >= 15 is 0 Å². The van der Waals surface area contributed by atoms with E-state index in [1.165, 1.54) is 0 Å². The van der Waals surface area contributed by atoms with E-state index in [1.54, 1.807) is 16.6 Å². The molecule has 33 heavy (non-hydrogen) atoms. The lowest BCUT2D eigenvalue weighted by Crippen LogP contribution is -2.45. The lowest BCUT2D eigenvalue weighted by molar-refractivity contribution is -0.143. The first-order chi connectivity index (χ1) is 15.0. The quantitative estimate of drug-likeness (QED) is 0.207. The van der Waals surface area contributed by atoms with Crippen molar-refractivity contribution >= 4 is 55.4 Å². The third kappa shape index (κ3) is 5.25. The minimum atomic E-state index is -5.19. The molecule has 0 bridgehead atoms. The normalized spacial score (nSPS) is 11.9. The number of carbonyl (C=O) groups excluding carboxylic acids is 1. The van der Waals surface area contributed by atoms with Gasteiger partial charge in [0.2, 0.25) is 10.0 Å². The van der Waals surface area contributed by atoms with Crippen molar-refractivity contribution < 1.29 is 34.6 Å². The number of hydrogen-bond donors (Lipinski definition) is 2. The summed E-state index contributed by atoms with van der Waals surface area (Å²) in [7, 11) is -4.45. The summed E-state index contributed by atoms with van der Waals surface area (Å²) in [5.41, 5.74) is -2.00. The molecule has 0 fully saturated rings. The number of hydrogen-bond acceptors (Lipinski definition) is 8. The average molecular weight is 525 g/mol. The number of nitrogens with two attached hydrogens (primary N) is 2. The zero-order valence-corrected chi connectivity index (χ0v) is 19.1. The van der Waals surface area contributed by atoms with Crippen molar-refractivity contribution in [2.75, 3.05) is 23.0 Å². The lowest BCUT2D eigenvalue weighted by atomic mass is 10.1. The minimum absolute atomic E-state index is 0.0659. The molecule has 2 radical (unpaired) electrons. The number of nitrogens with zero attached hydrogens (tertiary/aromatic N) is 3. The Labute approximate surface area is 195 Å². The molecule has 1 aromatic heterocycles. The predicted octanol–water partition coefficient (Wildman–Crippen LogP) is -1.10. The maximum Gasteiger partial charge on any atom is 0.433 e. The second-order valence-corrected chi connectivity index (χ2v) is 8.88. The van der Waals surface area contributed by atoms with Crippen LogP contribution in [-0.2, 0) is 24.8 Å². The summed E-state index contributed by atoms with van der Waals surface area (Å²) in [6.45, 7) is -0.808. The van der Waals surface area contributed by atoms with Crippen molar-refractivity contribution in [3.63, 3.8) is 0 Å². The molecule has 1 aromatic carbocycles. The summed E-state index contributed by atoms with van der Waals surface area (Å²) >= 11 is 6.45. The van der Waals surface area contributed by atoms with E-state index in [9.17, 15) is 40.4 Å². The first-order valence-corrected chi connectivity index (χ1v) is 10.9. The number of nitrogen functional groups attached to an aromatic ring is 1. The Kier molecular flexibility index (Phi) is 7.40. The van der Waals surface area contributed by atoms with E-state index < -0.39 is 78.1 Å². The van der Waals surface area contributed by atoms with E-state index in [0.717, 1.165) is 0 Å². The Morgan fingerprint density at radius 3 is 2.30 bits per heavy atom. The third-order valence-corrected chi connectivity index (χ3v) is 5.43. The summed E-state index contributed by atoms with van der Waals surface area (Å²) in [6, 6.07) is 0.968. The monoisotopic (exact) mass is 525 g/mol. The number of rotatable bonds is 6. The van der Waals surface area contributed by atoms with Crippen molar-refractivity contribution in [3.05, 3.63) is 56.1 Å². The fourth-order valence-corrected chi connectivity index (χ4v) is 3.95. The van der Waals surface area contributed by atoms with Crippen molar-refractivity contribution in [2.24, 2.45) is 5.73 Å². The van der Waals surface area contributed by atoms with Crippen LogP contribution in [0.2, 0.25) is 0 Å². The average Bonchev–Trinajstić information content (AvgIpc) is 2.64. The van der Waals surface area contributed by atoms with Crippen LogP contribution in [0, 0.1) is 5.82 Å². The van der Waals surface area contributed by atoms with Gasteiger partial charge in [-0.25, -0.2) is 31.2 Å². The first-order valence-electron chi connectivity index (χ1n) is 8.22. The summed E-state index contributed by atoms with van der Waals surface area (Å²) < 4.78 is 82.6. The van der Waals surface area contributed by atoms with E-state index in [1.807, 2.05) is 0 Å². The topological polar surface area (TPSA) is 160 Å². The van der Waals surface area contributed by atoms with Gasteiger partial charge in [-0.3, -0.25) is 9.59 Å². The van der Waals surface area contributed by atoms with Crippen LogP contribution in [0.1, 0.15) is 11.3 Å². The van der Waals surface area contributed by atoms with Crippen LogP contribution in [0.4, 0.5) is 23.2 Å². The molecule has 0 spiro atoms. The number of halogens is 4. The number of thiocarbonyl (C=S) groups is 1. The Morgan fingerprint density at radius 1 is 1.27 bits per heavy atom. The number of aromatic nitrogens is 2. The molecule has 18 heteroatoms. The third-order valence-electron chi connectivity index (χ3n) is 3.98. The summed E-state index contributed by atoms with van der Waals surface area (Å²) in [5.74, 6) is 2.52. The molecule has 0 unspecified atom stereocenters. The van der Waals surface area contributed by atoms with E-state index in [0.29, 0.717) is 18.4 Å². The van der Waals surface area contributed by atoms with E-state index in [2.05, 4.69) is 3.79 Å². The first kappa shape index (κ1) is 26.5. The summed E-state index contributed by atoms with van der Waals surface area (Å²) in [4.78, 5) is 36.5. The lowest BCUT2D eigenvalue weighted by Gasteiger charge is -2.24. The highest BCUT2D eigenvalue weighted by molar-refractivity contribution is 7.92. The van der Waals surface area contributed by atoms with Crippen LogP contribution in [0.3, 0.4) is 0 Å². The molecule has 0 aliphatic carbocycles. The molecule has 1 amide bonds. The smallest absolute Gasteiger partial charge is 0.433 e. The highest BCUT2D eigenvalue weighted by Gasteiger charge is 2.36. The SMILES string of the molecule is CS(=O)(=O)N(C(=O)C[O][Al])c1cc(-n2c(=O)cc(C(F)(F)F)n(N)c2=O)c(F)cc1C(N)=S. The fraction of sp³-hybridized carbons (Fsp3) is 0.200. The van der Waals surface area contributed by atoms with Crippen LogP contribution < -0.4 is 27.1 Å². The molecule has 176 valence electrons. The van der Waals surface area contributed by atoms with E-state index in [4.69, 9.17) is 23.8 Å². The molecule has 1 heterocycles. The molecule has 0 atom stereocenters. The van der Waals surface area contributed by atoms with Gasteiger partial charge >= 0.3 is 28.5 Å². The number of anilines is 1. The zero-order chi connectivity index (χ0) is 25.5. The van der Waals surface area contributed by atoms with Gasteiger partial charge in [0.25, 0.3) is 11.5 Å². The van der Waals surface area contributed by atoms with E-state index in [-0.39, 0.29) is 14.9 Å². The maximum absolute atomic E-state index is 14.8. The number of sulfonamides is 1. The van der Waals surface area contributed by atoms with Gasteiger partial charge in [0.05, 0.1) is 24.2 Å². The highest BCUT2D eigenvalue weighted by atomic mass is 32.2. The van der Waals surface area contributed by atoms with Crippen LogP contribution in [0.15, 0.2) is 27.8 Å². The van der Waals surface area contributed by atoms with Crippen molar-refractivity contribution in [1.29, 1.82) is 0 Å². The fourth-order valence-electron chi connectivity index (χ4n) is 2.71. The van der Waals surface area contributed by atoms with Gasteiger partial charge in [0.15, 0.2) is 5.69 Å². The molecular weight excluding hydrogens is 513 g/mol. The van der Waals surface area contributed by atoms with Crippen LogP contribution in [0.25, 0.3) is 5.69 Å².